The molecule has 0 aromatic heterocycles. The summed E-state index contributed by atoms with van der Waals surface area (Å²) in [7, 11) is 0. The normalized spacial score (nSPS) is 11.0. The molecule has 0 atom stereocenters. The van der Waals surface area contributed by atoms with Crippen molar-refractivity contribution in [3.63, 3.8) is 0 Å². The average Bonchev–Trinajstić information content (AvgIpc) is 2.72. The number of carbonyl (C=O) groups excluding carboxylic acids is 2. The minimum Gasteiger partial charge on any atom is -0.355 e. The van der Waals surface area contributed by atoms with Gasteiger partial charge in [0.15, 0.2) is 0 Å². The van der Waals surface area contributed by atoms with Crippen LogP contribution in [0.25, 0.3) is 0 Å². The molecule has 0 fully saturated rings. The Morgan fingerprint density at radius 2 is 1.31 bits per heavy atom. The van der Waals surface area contributed by atoms with Crippen molar-refractivity contribution in [2.45, 2.75) is 77.6 Å². The number of nitrogens with one attached hydrogen (secondary N) is 2. The first-order valence-electron chi connectivity index (χ1n) is 11.5. The molecule has 0 aliphatic rings. The lowest BCUT2D eigenvalue weighted by Gasteiger charge is -2.22. The third-order valence-corrected chi connectivity index (χ3v) is 5.79. The second kappa shape index (κ2) is 22.3. The third-order valence-electron chi connectivity index (χ3n) is 4.95. The maximum Gasteiger partial charge on any atom is 0.221 e. The van der Waals surface area contributed by atoms with Crippen LogP contribution in [0.5, 0.6) is 0 Å². The molecule has 0 aromatic rings. The summed E-state index contributed by atoms with van der Waals surface area (Å²) < 4.78 is 0. The van der Waals surface area contributed by atoms with Gasteiger partial charge in [-0.3, -0.25) is 9.59 Å². The minimum atomic E-state index is 0.0700. The van der Waals surface area contributed by atoms with Gasteiger partial charge in [-0.05, 0) is 19.2 Å². The fraction of sp³-hybridized carbons (Fsp3) is 0.909. The molecule has 0 spiro atoms. The van der Waals surface area contributed by atoms with Gasteiger partial charge in [0.25, 0.3) is 0 Å². The predicted molar refractivity (Wildman–Crippen MR) is 131 cm³/mol. The zero-order valence-corrected chi connectivity index (χ0v) is 20.6. The van der Waals surface area contributed by atoms with Gasteiger partial charge in [-0.1, -0.05) is 58.3 Å². The SMILES string of the molecule is CCCCCCCCCCCN(CCC(=O)NCCS)CCC(=O)NCCSC. The quantitative estimate of drug-likeness (QED) is 0.183. The lowest BCUT2D eigenvalue weighted by Crippen LogP contribution is -2.35. The summed E-state index contributed by atoms with van der Waals surface area (Å²) in [5, 5.41) is 5.83. The van der Waals surface area contributed by atoms with Crippen molar-refractivity contribution in [3.8, 4) is 0 Å². The molecule has 0 unspecified atom stereocenters. The topological polar surface area (TPSA) is 61.4 Å². The Labute approximate surface area is 189 Å². The van der Waals surface area contributed by atoms with Crippen molar-refractivity contribution in [3.05, 3.63) is 0 Å². The third kappa shape index (κ3) is 20.6. The molecule has 7 heteroatoms. The van der Waals surface area contributed by atoms with Gasteiger partial charge in [0.1, 0.15) is 0 Å². The first-order valence-corrected chi connectivity index (χ1v) is 13.5. The van der Waals surface area contributed by atoms with Crippen LogP contribution in [-0.4, -0.2) is 67.2 Å². The number of hydrogen-bond acceptors (Lipinski definition) is 5. The summed E-state index contributed by atoms with van der Waals surface area (Å²) in [4.78, 5) is 26.2. The molecule has 29 heavy (non-hydrogen) atoms. The molecule has 0 rings (SSSR count). The Hall–Kier alpha value is -0.400. The van der Waals surface area contributed by atoms with E-state index in [1.165, 1.54) is 51.4 Å². The standard InChI is InChI=1S/C22H45N3O2S2/c1-3-4-5-6-7-8-9-10-11-16-25(17-12-21(26)23-14-19-28)18-13-22(27)24-15-20-29-2/h28H,3-20H2,1-2H3,(H,23,26)(H,24,27). The number of hydrogen-bond donors (Lipinski definition) is 3. The van der Waals surface area contributed by atoms with Crippen molar-refractivity contribution in [1.29, 1.82) is 0 Å². The van der Waals surface area contributed by atoms with E-state index in [-0.39, 0.29) is 11.8 Å². The van der Waals surface area contributed by atoms with Crippen LogP contribution in [0.1, 0.15) is 77.6 Å². The first-order chi connectivity index (χ1) is 14.1. The molecule has 0 saturated heterocycles. The molecule has 5 nitrogen and oxygen atoms in total. The Morgan fingerprint density at radius 3 is 1.83 bits per heavy atom. The lowest BCUT2D eigenvalue weighted by atomic mass is 10.1. The van der Waals surface area contributed by atoms with Crippen LogP contribution in [-0.2, 0) is 9.59 Å². The monoisotopic (exact) mass is 447 g/mol. The van der Waals surface area contributed by atoms with E-state index >= 15 is 0 Å². The number of thiol groups is 1. The smallest absolute Gasteiger partial charge is 0.221 e. The van der Waals surface area contributed by atoms with Crippen molar-refractivity contribution in [2.75, 3.05) is 50.5 Å². The summed E-state index contributed by atoms with van der Waals surface area (Å²) in [5.41, 5.74) is 0. The predicted octanol–water partition coefficient (Wildman–Crippen LogP) is 4.12. The van der Waals surface area contributed by atoms with Gasteiger partial charge in [0, 0.05) is 50.5 Å². The van der Waals surface area contributed by atoms with Gasteiger partial charge < -0.3 is 15.5 Å². The van der Waals surface area contributed by atoms with Gasteiger partial charge in [0.2, 0.25) is 11.8 Å². The molecule has 0 bridgehead atoms. The van der Waals surface area contributed by atoms with Crippen molar-refractivity contribution in [1.82, 2.24) is 15.5 Å². The van der Waals surface area contributed by atoms with E-state index in [2.05, 4.69) is 35.1 Å². The Morgan fingerprint density at radius 1 is 0.793 bits per heavy atom. The lowest BCUT2D eigenvalue weighted by molar-refractivity contribution is -0.121. The fourth-order valence-corrected chi connectivity index (χ4v) is 3.58. The van der Waals surface area contributed by atoms with Crippen molar-refractivity contribution in [2.24, 2.45) is 0 Å². The summed E-state index contributed by atoms with van der Waals surface area (Å²) in [6.07, 6.45) is 14.8. The highest BCUT2D eigenvalue weighted by Gasteiger charge is 2.10. The number of unbranched alkanes of at least 4 members (excludes halogenated alkanes) is 8. The van der Waals surface area contributed by atoms with Crippen LogP contribution in [0.3, 0.4) is 0 Å². The Bertz CT molecular complexity index is 398. The van der Waals surface area contributed by atoms with Crippen LogP contribution < -0.4 is 10.6 Å². The summed E-state index contributed by atoms with van der Waals surface area (Å²) >= 11 is 5.85. The number of rotatable bonds is 21. The summed E-state index contributed by atoms with van der Waals surface area (Å²) in [5.74, 6) is 1.78. The van der Waals surface area contributed by atoms with E-state index in [1.54, 1.807) is 11.8 Å². The van der Waals surface area contributed by atoms with E-state index in [0.717, 1.165) is 31.8 Å². The maximum atomic E-state index is 12.0. The number of carbonyl (C=O) groups is 2. The van der Waals surface area contributed by atoms with E-state index in [0.29, 0.717) is 31.7 Å². The molecule has 172 valence electrons. The molecule has 0 radical (unpaired) electrons. The van der Waals surface area contributed by atoms with E-state index in [1.807, 2.05) is 6.26 Å². The van der Waals surface area contributed by atoms with Crippen LogP contribution in [0.15, 0.2) is 0 Å². The van der Waals surface area contributed by atoms with E-state index in [9.17, 15) is 9.59 Å². The Balaban J connectivity index is 4.07. The molecular formula is C22H45N3O2S2. The molecule has 2 amide bonds. The van der Waals surface area contributed by atoms with Crippen molar-refractivity contribution < 1.29 is 9.59 Å². The molecule has 0 saturated carbocycles. The molecule has 0 aliphatic carbocycles. The number of nitrogens with zero attached hydrogens (tertiary/aromatic N) is 1. The highest BCUT2D eigenvalue weighted by Crippen LogP contribution is 2.10. The highest BCUT2D eigenvalue weighted by molar-refractivity contribution is 7.98. The largest absolute Gasteiger partial charge is 0.355 e. The second-order valence-electron chi connectivity index (χ2n) is 7.59. The maximum absolute atomic E-state index is 12.0. The second-order valence-corrected chi connectivity index (χ2v) is 9.02. The van der Waals surface area contributed by atoms with Crippen LogP contribution in [0, 0.1) is 0 Å². The zero-order valence-electron chi connectivity index (χ0n) is 18.8. The number of thioether (sulfide) groups is 1. The average molecular weight is 448 g/mol. The Kier molecular flexibility index (Phi) is 22.0. The highest BCUT2D eigenvalue weighted by atomic mass is 32.2. The molecule has 0 aliphatic heterocycles. The molecule has 2 N–H and O–H groups in total. The van der Waals surface area contributed by atoms with Crippen LogP contribution in [0.4, 0.5) is 0 Å². The molecule has 0 aromatic carbocycles. The van der Waals surface area contributed by atoms with Crippen molar-refractivity contribution >= 4 is 36.2 Å². The van der Waals surface area contributed by atoms with Gasteiger partial charge >= 0.3 is 0 Å². The van der Waals surface area contributed by atoms with Gasteiger partial charge in [0.05, 0.1) is 0 Å². The van der Waals surface area contributed by atoms with Gasteiger partial charge in [-0.2, -0.15) is 24.4 Å². The first kappa shape index (κ1) is 28.6. The summed E-state index contributed by atoms with van der Waals surface area (Å²) in [6.45, 7) is 6.00. The van der Waals surface area contributed by atoms with E-state index in [4.69, 9.17) is 0 Å². The number of amides is 2. The minimum absolute atomic E-state index is 0.0700. The fourth-order valence-electron chi connectivity index (χ4n) is 3.17. The molecular weight excluding hydrogens is 402 g/mol. The van der Waals surface area contributed by atoms with Crippen LogP contribution >= 0.6 is 24.4 Å². The van der Waals surface area contributed by atoms with Gasteiger partial charge in [-0.25, -0.2) is 0 Å². The van der Waals surface area contributed by atoms with E-state index < -0.39 is 0 Å². The molecule has 0 heterocycles. The summed E-state index contributed by atoms with van der Waals surface area (Å²) in [6, 6.07) is 0. The van der Waals surface area contributed by atoms with Gasteiger partial charge in [-0.15, -0.1) is 0 Å². The zero-order chi connectivity index (χ0) is 21.6. The van der Waals surface area contributed by atoms with Crippen LogP contribution in [0.2, 0.25) is 0 Å².